The van der Waals surface area contributed by atoms with Gasteiger partial charge in [0.15, 0.2) is 0 Å². The van der Waals surface area contributed by atoms with Crippen LogP contribution in [0.2, 0.25) is 0 Å². The second-order valence-corrected chi connectivity index (χ2v) is 4.73. The Morgan fingerprint density at radius 2 is 1.32 bits per heavy atom. The lowest BCUT2D eigenvalue weighted by molar-refractivity contribution is 0.0696. The summed E-state index contributed by atoms with van der Waals surface area (Å²) in [6.45, 7) is 7.31. The highest BCUT2D eigenvalue weighted by Crippen LogP contribution is 2.13. The number of carbonyl (C=O) groups is 2. The van der Waals surface area contributed by atoms with Gasteiger partial charge in [-0.3, -0.25) is 0 Å². The van der Waals surface area contributed by atoms with Crippen molar-refractivity contribution in [2.24, 2.45) is 0 Å². The zero-order valence-corrected chi connectivity index (χ0v) is 12.5. The Hall–Kier alpha value is -2.88. The molecule has 114 valence electrons. The Bertz CT molecular complexity index is 655. The molecule has 0 unspecified atom stereocenters. The van der Waals surface area contributed by atoms with Gasteiger partial charge >= 0.3 is 11.9 Å². The van der Waals surface area contributed by atoms with E-state index in [-0.39, 0.29) is 16.7 Å². The minimum atomic E-state index is -1.11. The molecule has 22 heavy (non-hydrogen) atoms. The third-order valence-electron chi connectivity index (χ3n) is 3.06. The van der Waals surface area contributed by atoms with E-state index in [0.29, 0.717) is 0 Å². The van der Waals surface area contributed by atoms with Crippen molar-refractivity contribution in [3.8, 4) is 0 Å². The van der Waals surface area contributed by atoms with E-state index < -0.39 is 11.9 Å². The van der Waals surface area contributed by atoms with Gasteiger partial charge in [-0.1, -0.05) is 48.6 Å². The quantitative estimate of drug-likeness (QED) is 0.894. The van der Waals surface area contributed by atoms with E-state index in [1.54, 1.807) is 0 Å². The first kappa shape index (κ1) is 17.2. The fraction of sp³-hybridized carbons (Fsp3) is 0.111. The summed E-state index contributed by atoms with van der Waals surface area (Å²) in [5.41, 5.74) is 2.68. The molecule has 2 N–H and O–H groups in total. The molecule has 0 bridgehead atoms. The summed E-state index contributed by atoms with van der Waals surface area (Å²) in [5.74, 6) is -2.22. The van der Waals surface area contributed by atoms with Crippen molar-refractivity contribution in [1.29, 1.82) is 0 Å². The first-order valence-electron chi connectivity index (χ1n) is 6.61. The molecule has 0 aliphatic heterocycles. The predicted octanol–water partition coefficient (Wildman–Crippen LogP) is 4.11. The van der Waals surface area contributed by atoms with Crippen LogP contribution in [0.3, 0.4) is 0 Å². The van der Waals surface area contributed by atoms with E-state index in [0.717, 1.165) is 5.57 Å². The maximum absolute atomic E-state index is 10.6. The van der Waals surface area contributed by atoms with E-state index in [1.807, 2.05) is 25.1 Å². The number of hydrogen-bond donors (Lipinski definition) is 2. The molecule has 0 heterocycles. The van der Waals surface area contributed by atoms with Gasteiger partial charge in [-0.25, -0.2) is 9.59 Å². The van der Waals surface area contributed by atoms with E-state index >= 15 is 0 Å². The maximum atomic E-state index is 10.6. The average Bonchev–Trinajstić information content (AvgIpc) is 2.48. The first-order chi connectivity index (χ1) is 10.3. The van der Waals surface area contributed by atoms with Crippen LogP contribution in [-0.2, 0) is 0 Å². The fourth-order valence-electron chi connectivity index (χ4n) is 1.82. The number of allylic oxidation sites excluding steroid dienone is 1. The number of hydrogen-bond acceptors (Lipinski definition) is 2. The van der Waals surface area contributed by atoms with E-state index in [2.05, 4.69) is 18.7 Å². The van der Waals surface area contributed by atoms with Gasteiger partial charge in [-0.05, 0) is 37.1 Å². The Morgan fingerprint density at radius 1 is 0.864 bits per heavy atom. The van der Waals surface area contributed by atoms with Crippen LogP contribution in [0, 0.1) is 6.92 Å². The van der Waals surface area contributed by atoms with Crippen molar-refractivity contribution in [3.63, 3.8) is 0 Å². The van der Waals surface area contributed by atoms with Crippen LogP contribution >= 0.6 is 0 Å². The molecule has 0 radical (unpaired) electrons. The monoisotopic (exact) mass is 298 g/mol. The van der Waals surface area contributed by atoms with Crippen molar-refractivity contribution in [2.75, 3.05) is 0 Å². The highest BCUT2D eigenvalue weighted by Gasteiger charge is 2.13. The molecular weight excluding hydrogens is 280 g/mol. The molecule has 2 aromatic rings. The Kier molecular flexibility index (Phi) is 6.08. The smallest absolute Gasteiger partial charge is 0.335 e. The molecule has 0 aliphatic rings. The summed E-state index contributed by atoms with van der Waals surface area (Å²) in [7, 11) is 0. The van der Waals surface area contributed by atoms with Crippen LogP contribution in [0.1, 0.15) is 38.8 Å². The van der Waals surface area contributed by atoms with E-state index in [9.17, 15) is 9.59 Å². The summed E-state index contributed by atoms with van der Waals surface area (Å²) < 4.78 is 0. The zero-order chi connectivity index (χ0) is 16.7. The van der Waals surface area contributed by atoms with Crippen molar-refractivity contribution in [3.05, 3.63) is 77.4 Å². The number of carboxylic acid groups (broad SMARTS) is 2. The predicted molar refractivity (Wildman–Crippen MR) is 86.2 cm³/mol. The summed E-state index contributed by atoms with van der Waals surface area (Å²) in [6, 6.07) is 14.3. The molecule has 2 aromatic carbocycles. The molecule has 0 amide bonds. The minimum Gasteiger partial charge on any atom is -0.478 e. The topological polar surface area (TPSA) is 74.6 Å². The van der Waals surface area contributed by atoms with Crippen LogP contribution in [0.5, 0.6) is 0 Å². The second-order valence-electron chi connectivity index (χ2n) is 4.73. The van der Waals surface area contributed by atoms with E-state index in [1.165, 1.54) is 30.7 Å². The molecule has 4 heteroatoms. The SMILES string of the molecule is C=C(C)c1ccccc1.Cc1c(C(=O)O)cccc1C(=O)O. The van der Waals surface area contributed by atoms with Crippen LogP contribution < -0.4 is 0 Å². The summed E-state index contributed by atoms with van der Waals surface area (Å²) in [5, 5.41) is 17.4. The second kappa shape index (κ2) is 7.78. The van der Waals surface area contributed by atoms with Gasteiger partial charge in [0.25, 0.3) is 0 Å². The lowest BCUT2D eigenvalue weighted by Gasteiger charge is -2.03. The van der Waals surface area contributed by atoms with Crippen molar-refractivity contribution in [2.45, 2.75) is 13.8 Å². The lowest BCUT2D eigenvalue weighted by atomic mass is 10.0. The first-order valence-corrected chi connectivity index (χ1v) is 6.61. The van der Waals surface area contributed by atoms with Gasteiger partial charge in [0.1, 0.15) is 0 Å². The molecule has 0 saturated carbocycles. The summed E-state index contributed by atoms with van der Waals surface area (Å²) in [4.78, 5) is 21.2. The highest BCUT2D eigenvalue weighted by atomic mass is 16.4. The van der Waals surface area contributed by atoms with Crippen LogP contribution in [0.15, 0.2) is 55.1 Å². The van der Waals surface area contributed by atoms with Gasteiger partial charge < -0.3 is 10.2 Å². The number of carboxylic acids is 2. The molecule has 0 spiro atoms. The fourth-order valence-corrected chi connectivity index (χ4v) is 1.82. The number of rotatable bonds is 3. The molecule has 0 atom stereocenters. The van der Waals surface area contributed by atoms with Crippen molar-refractivity contribution < 1.29 is 19.8 Å². The molecule has 2 rings (SSSR count). The lowest BCUT2D eigenvalue weighted by Crippen LogP contribution is -2.06. The maximum Gasteiger partial charge on any atom is 0.335 e. The number of benzene rings is 2. The molecule has 0 saturated heterocycles. The van der Waals surface area contributed by atoms with Gasteiger partial charge in [-0.15, -0.1) is 0 Å². The molecule has 0 aliphatic carbocycles. The van der Waals surface area contributed by atoms with Crippen LogP contribution in [0.25, 0.3) is 5.57 Å². The standard InChI is InChI=1S/C9H8O4.C9H10/c1-5-6(8(10)11)3-2-4-7(5)9(12)13;1-8(2)9-6-4-3-5-7-9/h2-4H,1H3,(H,10,11)(H,12,13);3-7H,1H2,2H3. The zero-order valence-electron chi connectivity index (χ0n) is 12.5. The van der Waals surface area contributed by atoms with E-state index in [4.69, 9.17) is 10.2 Å². The molecule has 0 fully saturated rings. The molecular formula is C18H18O4. The normalized spacial score (nSPS) is 9.36. The average molecular weight is 298 g/mol. The number of aromatic carboxylic acids is 2. The largest absolute Gasteiger partial charge is 0.478 e. The summed E-state index contributed by atoms with van der Waals surface area (Å²) >= 11 is 0. The van der Waals surface area contributed by atoms with Crippen molar-refractivity contribution in [1.82, 2.24) is 0 Å². The minimum absolute atomic E-state index is 0.0277. The van der Waals surface area contributed by atoms with Gasteiger partial charge in [0.05, 0.1) is 11.1 Å². The Balaban J connectivity index is 0.000000235. The Labute approximate surface area is 129 Å². The Morgan fingerprint density at radius 3 is 1.64 bits per heavy atom. The third kappa shape index (κ3) is 4.59. The highest BCUT2D eigenvalue weighted by molar-refractivity contribution is 5.96. The van der Waals surface area contributed by atoms with Crippen LogP contribution in [0.4, 0.5) is 0 Å². The molecule has 0 aromatic heterocycles. The third-order valence-corrected chi connectivity index (χ3v) is 3.06. The van der Waals surface area contributed by atoms with Gasteiger partial charge in [-0.2, -0.15) is 0 Å². The summed E-state index contributed by atoms with van der Waals surface area (Å²) in [6.07, 6.45) is 0. The van der Waals surface area contributed by atoms with Crippen LogP contribution in [-0.4, -0.2) is 22.2 Å². The van der Waals surface area contributed by atoms with Gasteiger partial charge in [0.2, 0.25) is 0 Å². The van der Waals surface area contributed by atoms with Gasteiger partial charge in [0, 0.05) is 0 Å². The van der Waals surface area contributed by atoms with Crippen molar-refractivity contribution >= 4 is 17.5 Å². The molecule has 4 nitrogen and oxygen atoms in total.